The first-order valence-corrected chi connectivity index (χ1v) is 12.9. The van der Waals surface area contributed by atoms with E-state index < -0.39 is 0 Å². The number of rotatable bonds is 5. The average Bonchev–Trinajstić information content (AvgIpc) is 3.43. The van der Waals surface area contributed by atoms with Crippen LogP contribution in [0, 0.1) is 5.92 Å². The van der Waals surface area contributed by atoms with E-state index in [4.69, 9.17) is 17.3 Å². The van der Waals surface area contributed by atoms with Crippen LogP contribution in [-0.4, -0.2) is 58.9 Å². The van der Waals surface area contributed by atoms with Crippen LogP contribution in [0.25, 0.3) is 10.9 Å². The number of nitrogens with one attached hydrogen (secondary N) is 3. The number of H-pyrrole nitrogens is 1. The molecule has 5 N–H and O–H groups in total. The van der Waals surface area contributed by atoms with Gasteiger partial charge in [-0.15, -0.1) is 11.3 Å². The van der Waals surface area contributed by atoms with Gasteiger partial charge in [0.15, 0.2) is 5.01 Å². The summed E-state index contributed by atoms with van der Waals surface area (Å²) in [5, 5.41) is 8.29. The van der Waals surface area contributed by atoms with Gasteiger partial charge in [-0.3, -0.25) is 9.59 Å². The Kier molecular flexibility index (Phi) is 6.61. The molecule has 2 aliphatic rings. The van der Waals surface area contributed by atoms with Crippen LogP contribution >= 0.6 is 22.9 Å². The Morgan fingerprint density at radius 2 is 2.06 bits per heavy atom. The highest BCUT2D eigenvalue weighted by molar-refractivity contribution is 7.13. The van der Waals surface area contributed by atoms with E-state index >= 15 is 0 Å². The molecule has 3 atom stereocenters. The summed E-state index contributed by atoms with van der Waals surface area (Å²) in [6.07, 6.45) is 3.25. The largest absolute Gasteiger partial charge is 0.351 e. The number of hydrogen-bond donors (Lipinski definition) is 4. The molecule has 2 aromatic heterocycles. The van der Waals surface area contributed by atoms with Gasteiger partial charge in [0.1, 0.15) is 5.69 Å². The Bertz CT molecular complexity index is 1220. The smallest absolute Gasteiger partial charge is 0.280 e. The molecule has 0 radical (unpaired) electrons. The predicted molar refractivity (Wildman–Crippen MR) is 134 cm³/mol. The molecule has 2 amide bonds. The standard InChI is InChI=1S/C24H29ClN6O2S/c1-31-7-6-18-21(12-31)34-24(30-18)23(33)29-19-8-13(11-26)2-4-17(19)28-22(32)20-10-14-9-15(25)3-5-16(14)27-20/h3,5,9-10,13,17,19,27H,2,4,6-8,11-12,26H2,1H3,(H,28,32)(H,29,33)/t13-,17-,19+/m1/s1. The zero-order valence-electron chi connectivity index (χ0n) is 19.1. The number of aromatic amines is 1. The summed E-state index contributed by atoms with van der Waals surface area (Å²) >= 11 is 7.54. The summed E-state index contributed by atoms with van der Waals surface area (Å²) in [5.41, 5.74) is 8.30. The van der Waals surface area contributed by atoms with Crippen LogP contribution in [0.3, 0.4) is 0 Å². The second-order valence-corrected chi connectivity index (χ2v) is 10.9. The first-order chi connectivity index (χ1) is 16.4. The SMILES string of the molecule is CN1CCc2nc(C(=O)N[C@H]3C[C@H](CN)CC[C@H]3NC(=O)c3cc4cc(Cl)ccc4[nH]3)sc2C1. The Morgan fingerprint density at radius 3 is 2.88 bits per heavy atom. The number of thiazole rings is 1. The molecule has 1 aliphatic heterocycles. The fraction of sp³-hybridized carbons (Fsp3) is 0.458. The minimum atomic E-state index is -0.207. The highest BCUT2D eigenvalue weighted by atomic mass is 35.5. The van der Waals surface area contributed by atoms with Gasteiger partial charge in [0, 0.05) is 52.4 Å². The molecule has 180 valence electrons. The van der Waals surface area contributed by atoms with Gasteiger partial charge in [0.2, 0.25) is 0 Å². The second-order valence-electron chi connectivity index (χ2n) is 9.37. The lowest BCUT2D eigenvalue weighted by atomic mass is 9.82. The molecule has 1 aromatic carbocycles. The summed E-state index contributed by atoms with van der Waals surface area (Å²) in [5.74, 6) is -0.0634. The summed E-state index contributed by atoms with van der Waals surface area (Å²) < 4.78 is 0. The van der Waals surface area contributed by atoms with Crippen molar-refractivity contribution in [3.05, 3.63) is 50.6 Å². The topological polar surface area (TPSA) is 116 Å². The van der Waals surface area contributed by atoms with Crippen molar-refractivity contribution in [3.8, 4) is 0 Å². The van der Waals surface area contributed by atoms with Crippen molar-refractivity contribution in [2.24, 2.45) is 11.7 Å². The molecule has 5 rings (SSSR count). The molecule has 0 saturated heterocycles. The number of hydrogen-bond acceptors (Lipinski definition) is 6. The number of nitrogens with two attached hydrogens (primary N) is 1. The Balaban J connectivity index is 1.30. The van der Waals surface area contributed by atoms with Crippen LogP contribution < -0.4 is 16.4 Å². The summed E-state index contributed by atoms with van der Waals surface area (Å²) in [4.78, 5) is 37.3. The van der Waals surface area contributed by atoms with E-state index in [0.29, 0.717) is 28.2 Å². The van der Waals surface area contributed by atoms with Gasteiger partial charge in [-0.25, -0.2) is 4.98 Å². The van der Waals surface area contributed by atoms with Gasteiger partial charge < -0.3 is 26.3 Å². The van der Waals surface area contributed by atoms with Crippen molar-refractivity contribution in [1.29, 1.82) is 0 Å². The van der Waals surface area contributed by atoms with Gasteiger partial charge in [0.25, 0.3) is 11.8 Å². The van der Waals surface area contributed by atoms with Crippen molar-refractivity contribution in [2.45, 2.75) is 44.3 Å². The van der Waals surface area contributed by atoms with Gasteiger partial charge >= 0.3 is 0 Å². The predicted octanol–water partition coefficient (Wildman–Crippen LogP) is 2.92. The number of fused-ring (bicyclic) bond motifs is 2. The molecule has 1 aliphatic carbocycles. The molecule has 0 unspecified atom stereocenters. The van der Waals surface area contributed by atoms with Gasteiger partial charge in [-0.05, 0) is 63.0 Å². The maximum atomic E-state index is 13.1. The molecule has 1 fully saturated rings. The molecule has 34 heavy (non-hydrogen) atoms. The van der Waals surface area contributed by atoms with Crippen molar-refractivity contribution in [3.63, 3.8) is 0 Å². The fourth-order valence-corrected chi connectivity index (χ4v) is 6.20. The first kappa shape index (κ1) is 23.3. The minimum absolute atomic E-state index is 0.177. The molecule has 3 heterocycles. The van der Waals surface area contributed by atoms with Crippen molar-refractivity contribution >= 4 is 45.7 Å². The van der Waals surface area contributed by atoms with E-state index in [1.807, 2.05) is 12.1 Å². The number of aromatic nitrogens is 2. The number of nitrogens with zero attached hydrogens (tertiary/aromatic N) is 2. The molecular formula is C24H29ClN6O2S. The highest BCUT2D eigenvalue weighted by Crippen LogP contribution is 2.27. The number of benzene rings is 1. The van der Waals surface area contributed by atoms with E-state index in [9.17, 15) is 9.59 Å². The van der Waals surface area contributed by atoms with Crippen molar-refractivity contribution in [2.75, 3.05) is 20.1 Å². The van der Waals surface area contributed by atoms with E-state index in [-0.39, 0.29) is 23.9 Å². The van der Waals surface area contributed by atoms with Gasteiger partial charge in [0.05, 0.1) is 5.69 Å². The zero-order valence-corrected chi connectivity index (χ0v) is 20.6. The number of halogens is 1. The fourth-order valence-electron chi connectivity index (χ4n) is 4.93. The van der Waals surface area contributed by atoms with E-state index in [1.165, 1.54) is 11.3 Å². The monoisotopic (exact) mass is 500 g/mol. The van der Waals surface area contributed by atoms with Gasteiger partial charge in [-0.2, -0.15) is 0 Å². The van der Waals surface area contributed by atoms with Crippen molar-refractivity contribution in [1.82, 2.24) is 25.5 Å². The van der Waals surface area contributed by atoms with Crippen LogP contribution in [0.15, 0.2) is 24.3 Å². The lowest BCUT2D eigenvalue weighted by molar-refractivity contribution is 0.0843. The first-order valence-electron chi connectivity index (χ1n) is 11.7. The quantitative estimate of drug-likeness (QED) is 0.430. The molecule has 3 aromatic rings. The third-order valence-electron chi connectivity index (χ3n) is 6.87. The Labute approximate surface area is 207 Å². The van der Waals surface area contributed by atoms with Crippen LogP contribution in [-0.2, 0) is 13.0 Å². The zero-order chi connectivity index (χ0) is 23.8. The highest BCUT2D eigenvalue weighted by Gasteiger charge is 2.33. The number of carbonyl (C=O) groups excluding carboxylic acids is 2. The van der Waals surface area contributed by atoms with E-state index in [2.05, 4.69) is 32.5 Å². The van der Waals surface area contributed by atoms with Crippen LogP contribution in [0.1, 0.15) is 50.1 Å². The number of carbonyl (C=O) groups is 2. The summed E-state index contributed by atoms with van der Waals surface area (Å²) in [7, 11) is 2.08. The second kappa shape index (κ2) is 9.65. The molecular weight excluding hydrogens is 472 g/mol. The van der Waals surface area contributed by atoms with Crippen LogP contribution in [0.5, 0.6) is 0 Å². The lowest BCUT2D eigenvalue weighted by Gasteiger charge is -2.36. The normalized spacial score (nSPS) is 23.0. The lowest BCUT2D eigenvalue weighted by Crippen LogP contribution is -2.55. The maximum Gasteiger partial charge on any atom is 0.280 e. The van der Waals surface area contributed by atoms with E-state index in [1.54, 1.807) is 12.1 Å². The van der Waals surface area contributed by atoms with Gasteiger partial charge in [-0.1, -0.05) is 11.6 Å². The summed E-state index contributed by atoms with van der Waals surface area (Å²) in [6, 6.07) is 6.87. The van der Waals surface area contributed by atoms with Crippen LogP contribution in [0.4, 0.5) is 0 Å². The molecule has 10 heteroatoms. The molecule has 0 spiro atoms. The molecule has 0 bridgehead atoms. The minimum Gasteiger partial charge on any atom is -0.351 e. The molecule has 1 saturated carbocycles. The Hall–Kier alpha value is -2.46. The van der Waals surface area contributed by atoms with Crippen molar-refractivity contribution < 1.29 is 9.59 Å². The third kappa shape index (κ3) is 4.84. The average molecular weight is 501 g/mol. The van der Waals surface area contributed by atoms with Crippen LogP contribution in [0.2, 0.25) is 5.02 Å². The maximum absolute atomic E-state index is 13.1. The third-order valence-corrected chi connectivity index (χ3v) is 8.19. The van der Waals surface area contributed by atoms with E-state index in [0.717, 1.165) is 60.2 Å². The summed E-state index contributed by atoms with van der Waals surface area (Å²) in [6.45, 7) is 2.34. The Morgan fingerprint density at radius 1 is 1.24 bits per heavy atom. The molecule has 8 nitrogen and oxygen atoms in total. The number of likely N-dealkylation sites (N-methyl/N-ethyl adjacent to an activating group) is 1. The number of amides is 2.